The van der Waals surface area contributed by atoms with Crippen molar-refractivity contribution in [2.75, 3.05) is 11.1 Å². The van der Waals surface area contributed by atoms with Crippen molar-refractivity contribution in [3.05, 3.63) is 71.0 Å². The van der Waals surface area contributed by atoms with Gasteiger partial charge in [-0.15, -0.1) is 10.2 Å². The van der Waals surface area contributed by atoms with Crippen LogP contribution in [-0.4, -0.2) is 32.2 Å². The first-order valence-corrected chi connectivity index (χ1v) is 9.86. The molecule has 0 aliphatic rings. The third-order valence-corrected chi connectivity index (χ3v) is 5.35. The number of hydrogen-bond acceptors (Lipinski definition) is 6. The second kappa shape index (κ2) is 9.17. The number of benzene rings is 2. The quantitative estimate of drug-likeness (QED) is 0.479. The zero-order valence-electron chi connectivity index (χ0n) is 16.0. The minimum Gasteiger partial charge on any atom is -0.325 e. The molecule has 0 aliphatic heterocycles. The van der Waals surface area contributed by atoms with E-state index < -0.39 is 0 Å². The van der Waals surface area contributed by atoms with Crippen molar-refractivity contribution in [1.82, 2.24) is 14.8 Å². The van der Waals surface area contributed by atoms with E-state index in [4.69, 9.17) is 5.26 Å². The van der Waals surface area contributed by atoms with Crippen LogP contribution in [0.3, 0.4) is 0 Å². The first-order chi connectivity index (χ1) is 14.0. The molecule has 1 amide bonds. The van der Waals surface area contributed by atoms with Crippen LogP contribution in [0.1, 0.15) is 27.3 Å². The highest BCUT2D eigenvalue weighted by Gasteiger charge is 2.15. The number of Topliss-reactive ketones (excluding diaryl/α,β-unsaturated/α-hetero) is 1. The van der Waals surface area contributed by atoms with Gasteiger partial charge in [0.2, 0.25) is 5.91 Å². The normalized spacial score (nSPS) is 10.4. The van der Waals surface area contributed by atoms with Crippen molar-refractivity contribution in [2.24, 2.45) is 7.05 Å². The van der Waals surface area contributed by atoms with Crippen molar-refractivity contribution < 1.29 is 9.59 Å². The summed E-state index contributed by atoms with van der Waals surface area (Å²) < 4.78 is 1.72. The van der Waals surface area contributed by atoms with Crippen LogP contribution in [0.15, 0.2) is 53.7 Å². The van der Waals surface area contributed by atoms with Gasteiger partial charge in [0.25, 0.3) is 0 Å². The fourth-order valence-corrected chi connectivity index (χ4v) is 3.44. The topological polar surface area (TPSA) is 101 Å². The molecule has 0 atom stereocenters. The van der Waals surface area contributed by atoms with Crippen LogP contribution in [-0.2, 0) is 18.3 Å². The summed E-state index contributed by atoms with van der Waals surface area (Å²) in [6, 6.07) is 16.1. The van der Waals surface area contributed by atoms with E-state index in [0.29, 0.717) is 22.1 Å². The lowest BCUT2D eigenvalue weighted by Gasteiger charge is -2.08. The molecular weight excluding hydrogens is 386 g/mol. The second-order valence-corrected chi connectivity index (χ2v) is 7.34. The van der Waals surface area contributed by atoms with Crippen LogP contribution >= 0.6 is 11.8 Å². The maximum absolute atomic E-state index is 12.3. The third kappa shape index (κ3) is 5.09. The maximum Gasteiger partial charge on any atom is 0.232 e. The van der Waals surface area contributed by atoms with Gasteiger partial charge in [-0.2, -0.15) is 5.26 Å². The highest BCUT2D eigenvalue weighted by atomic mass is 32.2. The summed E-state index contributed by atoms with van der Waals surface area (Å²) in [5.41, 5.74) is 2.80. The molecule has 0 unspecified atom stereocenters. The Hall–Kier alpha value is -3.44. The van der Waals surface area contributed by atoms with Gasteiger partial charge in [0.05, 0.1) is 23.8 Å². The Morgan fingerprint density at radius 1 is 1.14 bits per heavy atom. The molecule has 2 aromatic carbocycles. The smallest absolute Gasteiger partial charge is 0.232 e. The van der Waals surface area contributed by atoms with Crippen molar-refractivity contribution in [2.45, 2.75) is 18.5 Å². The number of nitrogens with zero attached hydrogens (tertiary/aromatic N) is 4. The molecule has 0 bridgehead atoms. The van der Waals surface area contributed by atoms with Gasteiger partial charge in [-0.05, 0) is 30.7 Å². The molecule has 0 radical (unpaired) electrons. The highest BCUT2D eigenvalue weighted by molar-refractivity contribution is 7.99. The summed E-state index contributed by atoms with van der Waals surface area (Å²) in [4.78, 5) is 24.6. The van der Waals surface area contributed by atoms with Gasteiger partial charge in [0.15, 0.2) is 10.9 Å². The number of nitriles is 1. The lowest BCUT2D eigenvalue weighted by molar-refractivity contribution is -0.115. The van der Waals surface area contributed by atoms with Gasteiger partial charge < -0.3 is 9.88 Å². The van der Waals surface area contributed by atoms with Crippen LogP contribution in [0.5, 0.6) is 0 Å². The molecule has 0 spiro atoms. The average molecular weight is 405 g/mol. The lowest BCUT2D eigenvalue weighted by Crippen LogP contribution is -2.17. The van der Waals surface area contributed by atoms with E-state index >= 15 is 0 Å². The lowest BCUT2D eigenvalue weighted by atomic mass is 10.1. The van der Waals surface area contributed by atoms with Gasteiger partial charge in [-0.25, -0.2) is 0 Å². The zero-order valence-corrected chi connectivity index (χ0v) is 16.9. The molecule has 3 aromatic rings. The fraction of sp³-hybridized carbons (Fsp3) is 0.190. The van der Waals surface area contributed by atoms with Crippen LogP contribution < -0.4 is 5.32 Å². The van der Waals surface area contributed by atoms with E-state index in [-0.39, 0.29) is 23.9 Å². The van der Waals surface area contributed by atoms with Gasteiger partial charge >= 0.3 is 0 Å². The molecule has 0 saturated carbocycles. The van der Waals surface area contributed by atoms with E-state index in [1.54, 1.807) is 35.9 Å². The first-order valence-electron chi connectivity index (χ1n) is 8.88. The van der Waals surface area contributed by atoms with Gasteiger partial charge in [0, 0.05) is 18.3 Å². The number of nitrogens with one attached hydrogen (secondary N) is 1. The zero-order chi connectivity index (χ0) is 20.8. The van der Waals surface area contributed by atoms with Gasteiger partial charge in [0.1, 0.15) is 5.82 Å². The minimum absolute atomic E-state index is 0.0682. The van der Waals surface area contributed by atoms with Crippen molar-refractivity contribution >= 4 is 29.1 Å². The Labute approximate surface area is 172 Å². The van der Waals surface area contributed by atoms with Gasteiger partial charge in [-0.3, -0.25) is 9.59 Å². The molecule has 7 nitrogen and oxygen atoms in total. The van der Waals surface area contributed by atoms with Crippen molar-refractivity contribution in [3.8, 4) is 6.07 Å². The van der Waals surface area contributed by atoms with E-state index in [1.165, 1.54) is 11.8 Å². The number of ketones is 1. The molecule has 1 N–H and O–H groups in total. The standard InChI is InChI=1S/C21H19N5O2S/c1-14-5-3-4-6-17(14)23-20(28)11-19-24-25-21(26(19)2)29-13-18(27)16-9-7-15(12-22)8-10-16/h3-10H,11,13H2,1-2H3,(H,23,28). The first kappa shape index (κ1) is 20.3. The average Bonchev–Trinajstić information content (AvgIpc) is 3.07. The minimum atomic E-state index is -0.181. The second-order valence-electron chi connectivity index (χ2n) is 6.40. The summed E-state index contributed by atoms with van der Waals surface area (Å²) in [5.74, 6) is 0.457. The molecule has 29 heavy (non-hydrogen) atoms. The number of thioether (sulfide) groups is 1. The SMILES string of the molecule is Cc1ccccc1NC(=O)Cc1nnc(SCC(=O)c2ccc(C#N)cc2)n1C. The number of anilines is 1. The summed E-state index contributed by atoms with van der Waals surface area (Å²) in [5, 5.41) is 20.4. The molecule has 3 rings (SSSR count). The van der Waals surface area contributed by atoms with Crippen molar-refractivity contribution in [3.63, 3.8) is 0 Å². The summed E-state index contributed by atoms with van der Waals surface area (Å²) >= 11 is 1.26. The summed E-state index contributed by atoms with van der Waals surface area (Å²) in [6.45, 7) is 1.93. The Kier molecular flexibility index (Phi) is 6.42. The number of aryl methyl sites for hydroxylation is 1. The molecule has 0 fully saturated rings. The Balaban J connectivity index is 1.58. The molecule has 8 heteroatoms. The maximum atomic E-state index is 12.3. The van der Waals surface area contributed by atoms with Crippen LogP contribution in [0.2, 0.25) is 0 Å². The fourth-order valence-electron chi connectivity index (χ4n) is 2.62. The Morgan fingerprint density at radius 3 is 2.55 bits per heavy atom. The molecule has 1 heterocycles. The highest BCUT2D eigenvalue weighted by Crippen LogP contribution is 2.19. The third-order valence-electron chi connectivity index (χ3n) is 4.33. The molecule has 0 aliphatic carbocycles. The molecule has 0 saturated heterocycles. The Morgan fingerprint density at radius 2 is 1.86 bits per heavy atom. The van der Waals surface area contributed by atoms with Crippen LogP contribution in [0.25, 0.3) is 0 Å². The van der Waals surface area contributed by atoms with Gasteiger partial charge in [-0.1, -0.05) is 42.1 Å². The van der Waals surface area contributed by atoms with E-state index in [2.05, 4.69) is 15.5 Å². The summed E-state index contributed by atoms with van der Waals surface area (Å²) in [6.07, 6.45) is 0.0853. The number of hydrogen-bond donors (Lipinski definition) is 1. The van der Waals surface area contributed by atoms with Crippen LogP contribution in [0.4, 0.5) is 5.69 Å². The summed E-state index contributed by atoms with van der Waals surface area (Å²) in [7, 11) is 1.77. The Bertz CT molecular complexity index is 1080. The largest absolute Gasteiger partial charge is 0.325 e. The number of aromatic nitrogens is 3. The monoisotopic (exact) mass is 405 g/mol. The number of para-hydroxylation sites is 1. The van der Waals surface area contributed by atoms with E-state index in [9.17, 15) is 9.59 Å². The number of amides is 1. The molecule has 146 valence electrons. The predicted octanol–water partition coefficient (Wildman–Crippen LogP) is 3.15. The number of carbonyl (C=O) groups excluding carboxylic acids is 2. The molecule has 1 aromatic heterocycles. The predicted molar refractivity (Wildman–Crippen MR) is 111 cm³/mol. The van der Waals surface area contributed by atoms with E-state index in [1.807, 2.05) is 37.3 Å². The van der Waals surface area contributed by atoms with E-state index in [0.717, 1.165) is 11.3 Å². The number of carbonyl (C=O) groups is 2. The van der Waals surface area contributed by atoms with Crippen LogP contribution in [0, 0.1) is 18.3 Å². The van der Waals surface area contributed by atoms with Crippen molar-refractivity contribution in [1.29, 1.82) is 5.26 Å². The number of rotatable bonds is 7. The molecular formula is C21H19N5O2S.